The van der Waals surface area contributed by atoms with Gasteiger partial charge in [-0.15, -0.1) is 0 Å². The van der Waals surface area contributed by atoms with Crippen LogP contribution in [0.25, 0.3) is 6.08 Å². The second kappa shape index (κ2) is 13.8. The molecule has 0 aromatic heterocycles. The zero-order valence-corrected chi connectivity index (χ0v) is 16.9. The van der Waals surface area contributed by atoms with Gasteiger partial charge in [0.15, 0.2) is 0 Å². The Labute approximate surface area is 163 Å². The van der Waals surface area contributed by atoms with E-state index in [1.807, 2.05) is 12.1 Å². The quantitative estimate of drug-likeness (QED) is 0.313. The number of rotatable bonds is 13. The van der Waals surface area contributed by atoms with Crippen LogP contribution >= 0.6 is 0 Å². The molecule has 0 bridgehead atoms. The van der Waals surface area contributed by atoms with Crippen LogP contribution in [0.4, 0.5) is 0 Å². The topological polar surface area (TPSA) is 64.6 Å². The number of amides is 1. The van der Waals surface area contributed by atoms with Crippen LogP contribution in [0.3, 0.4) is 0 Å². The van der Waals surface area contributed by atoms with Gasteiger partial charge in [0.2, 0.25) is 5.91 Å². The highest BCUT2D eigenvalue weighted by atomic mass is 16.5. The number of hydrogen-bond donors (Lipinski definition) is 1. The van der Waals surface area contributed by atoms with Gasteiger partial charge in [0.25, 0.3) is 0 Å². The highest BCUT2D eigenvalue weighted by Gasteiger charge is 2.14. The van der Waals surface area contributed by atoms with Gasteiger partial charge in [-0.3, -0.25) is 4.79 Å². The summed E-state index contributed by atoms with van der Waals surface area (Å²) >= 11 is 0. The van der Waals surface area contributed by atoms with E-state index < -0.39 is 5.97 Å². The molecule has 0 aliphatic rings. The molecule has 1 amide bonds. The average molecular weight is 376 g/mol. The highest BCUT2D eigenvalue weighted by Crippen LogP contribution is 2.16. The summed E-state index contributed by atoms with van der Waals surface area (Å²) in [5.74, 6) is 0.0854. The second-order valence-corrected chi connectivity index (χ2v) is 6.58. The van der Waals surface area contributed by atoms with Gasteiger partial charge in [-0.05, 0) is 30.2 Å². The van der Waals surface area contributed by atoms with Crippen LogP contribution in [0.15, 0.2) is 29.8 Å². The molecule has 5 heteroatoms. The van der Waals surface area contributed by atoms with E-state index in [0.29, 0.717) is 12.1 Å². The summed E-state index contributed by atoms with van der Waals surface area (Å²) in [6.07, 6.45) is 10.1. The van der Waals surface area contributed by atoms with Crippen molar-refractivity contribution in [1.82, 2.24) is 5.32 Å². The molecule has 1 N–H and O–H groups in total. The summed E-state index contributed by atoms with van der Waals surface area (Å²) in [4.78, 5) is 24.1. The number of unbranched alkanes of at least 4 members (excludes halogenated alkanes) is 6. The second-order valence-electron chi connectivity index (χ2n) is 6.58. The summed E-state index contributed by atoms with van der Waals surface area (Å²) in [5.41, 5.74) is 1.15. The lowest BCUT2D eigenvalue weighted by Gasteiger charge is -2.08. The zero-order valence-electron chi connectivity index (χ0n) is 16.9. The maximum atomic E-state index is 12.2. The first-order valence-electron chi connectivity index (χ1n) is 9.80. The Morgan fingerprint density at radius 2 is 1.59 bits per heavy atom. The molecule has 0 unspecified atom stereocenters. The predicted molar refractivity (Wildman–Crippen MR) is 109 cm³/mol. The largest absolute Gasteiger partial charge is 0.497 e. The van der Waals surface area contributed by atoms with Crippen molar-refractivity contribution in [3.63, 3.8) is 0 Å². The molecule has 1 aromatic rings. The van der Waals surface area contributed by atoms with Crippen molar-refractivity contribution in [3.8, 4) is 5.75 Å². The first kappa shape index (κ1) is 22.7. The Bertz CT molecular complexity index is 593. The van der Waals surface area contributed by atoms with Crippen molar-refractivity contribution in [2.24, 2.45) is 0 Å². The number of hydrogen-bond acceptors (Lipinski definition) is 4. The molecule has 1 aromatic carbocycles. The fraction of sp³-hybridized carbons (Fsp3) is 0.545. The van der Waals surface area contributed by atoms with Gasteiger partial charge in [0.05, 0.1) is 20.6 Å². The van der Waals surface area contributed by atoms with Crippen molar-refractivity contribution in [1.29, 1.82) is 0 Å². The van der Waals surface area contributed by atoms with Gasteiger partial charge in [0, 0.05) is 12.1 Å². The van der Waals surface area contributed by atoms with Gasteiger partial charge < -0.3 is 14.8 Å². The first-order chi connectivity index (χ1) is 13.1. The number of methoxy groups -OCH3 is 2. The van der Waals surface area contributed by atoms with Gasteiger partial charge in [-0.2, -0.15) is 0 Å². The van der Waals surface area contributed by atoms with E-state index in [0.717, 1.165) is 24.2 Å². The van der Waals surface area contributed by atoms with Crippen molar-refractivity contribution in [3.05, 3.63) is 35.4 Å². The fourth-order valence-corrected chi connectivity index (χ4v) is 2.76. The van der Waals surface area contributed by atoms with E-state index in [-0.39, 0.29) is 12.3 Å². The third kappa shape index (κ3) is 9.83. The molecular weight excluding hydrogens is 342 g/mol. The fourth-order valence-electron chi connectivity index (χ4n) is 2.76. The maximum absolute atomic E-state index is 12.2. The molecule has 5 nitrogen and oxygen atoms in total. The molecule has 0 aliphatic carbocycles. The Hall–Kier alpha value is -2.30. The summed E-state index contributed by atoms with van der Waals surface area (Å²) in [6, 6.07) is 7.28. The van der Waals surface area contributed by atoms with Crippen LogP contribution in [0.1, 0.15) is 63.9 Å². The van der Waals surface area contributed by atoms with Crippen LogP contribution in [0, 0.1) is 0 Å². The minimum Gasteiger partial charge on any atom is -0.497 e. The van der Waals surface area contributed by atoms with E-state index in [1.165, 1.54) is 39.2 Å². The van der Waals surface area contributed by atoms with E-state index in [9.17, 15) is 9.59 Å². The number of carbonyl (C=O) groups excluding carboxylic acids is 2. The molecule has 0 saturated carbocycles. The van der Waals surface area contributed by atoms with E-state index in [4.69, 9.17) is 9.47 Å². The number of ether oxygens (including phenoxy) is 2. The lowest BCUT2D eigenvalue weighted by molar-refractivity contribution is -0.137. The molecule has 1 rings (SSSR count). The molecule has 0 aliphatic heterocycles. The van der Waals surface area contributed by atoms with Crippen molar-refractivity contribution < 1.29 is 19.1 Å². The van der Waals surface area contributed by atoms with E-state index in [1.54, 1.807) is 25.3 Å². The molecule has 0 heterocycles. The molecule has 0 atom stereocenters. The number of nitrogens with one attached hydrogen (secondary N) is 1. The predicted octanol–water partition coefficient (Wildman–Crippen LogP) is 4.51. The lowest BCUT2D eigenvalue weighted by Crippen LogP contribution is -2.26. The normalized spacial score (nSPS) is 11.1. The first-order valence-corrected chi connectivity index (χ1v) is 9.80. The summed E-state index contributed by atoms with van der Waals surface area (Å²) in [7, 11) is 2.92. The number of benzene rings is 1. The third-order valence-corrected chi connectivity index (χ3v) is 4.36. The molecule has 0 saturated heterocycles. The van der Waals surface area contributed by atoms with Crippen molar-refractivity contribution >= 4 is 18.0 Å². The van der Waals surface area contributed by atoms with Crippen LogP contribution in [0.5, 0.6) is 5.75 Å². The molecule has 150 valence electrons. The Balaban J connectivity index is 2.45. The lowest BCUT2D eigenvalue weighted by atomic mass is 10.1. The Kier molecular flexibility index (Phi) is 11.7. The molecular formula is C22H33NO4. The van der Waals surface area contributed by atoms with Crippen LogP contribution < -0.4 is 10.1 Å². The Morgan fingerprint density at radius 1 is 0.963 bits per heavy atom. The average Bonchev–Trinajstić information content (AvgIpc) is 2.69. The van der Waals surface area contributed by atoms with Crippen LogP contribution in [-0.4, -0.2) is 32.6 Å². The molecule has 0 fully saturated rings. The molecule has 0 radical (unpaired) electrons. The number of carbonyl (C=O) groups is 2. The molecule has 0 spiro atoms. The zero-order chi connectivity index (χ0) is 19.9. The minimum absolute atomic E-state index is 0.00913. The van der Waals surface area contributed by atoms with E-state index in [2.05, 4.69) is 12.2 Å². The number of esters is 1. The summed E-state index contributed by atoms with van der Waals surface area (Å²) < 4.78 is 9.93. The van der Waals surface area contributed by atoms with Gasteiger partial charge in [0.1, 0.15) is 5.75 Å². The SMILES string of the molecule is CCCCCCCCCNC(=O)C/C(=C\c1ccc(OC)cc1)C(=O)OC. The Morgan fingerprint density at radius 3 is 2.19 bits per heavy atom. The maximum Gasteiger partial charge on any atom is 0.334 e. The van der Waals surface area contributed by atoms with Gasteiger partial charge in [-0.1, -0.05) is 57.6 Å². The van der Waals surface area contributed by atoms with Crippen molar-refractivity contribution in [2.45, 2.75) is 58.3 Å². The van der Waals surface area contributed by atoms with Gasteiger partial charge in [-0.25, -0.2) is 4.79 Å². The summed E-state index contributed by atoms with van der Waals surface area (Å²) in [6.45, 7) is 2.85. The minimum atomic E-state index is -0.489. The summed E-state index contributed by atoms with van der Waals surface area (Å²) in [5, 5.41) is 2.89. The highest BCUT2D eigenvalue weighted by molar-refractivity contribution is 5.99. The van der Waals surface area contributed by atoms with Gasteiger partial charge >= 0.3 is 5.97 Å². The van der Waals surface area contributed by atoms with E-state index >= 15 is 0 Å². The van der Waals surface area contributed by atoms with Crippen molar-refractivity contribution in [2.75, 3.05) is 20.8 Å². The molecule has 27 heavy (non-hydrogen) atoms. The monoisotopic (exact) mass is 375 g/mol. The third-order valence-electron chi connectivity index (χ3n) is 4.36. The smallest absolute Gasteiger partial charge is 0.334 e. The standard InChI is InChI=1S/C22H33NO4/c1-4-5-6-7-8-9-10-15-23-21(24)17-19(22(25)27-3)16-18-11-13-20(26-2)14-12-18/h11-14,16H,4-10,15,17H2,1-3H3,(H,23,24)/b19-16+. The van der Waals surface area contributed by atoms with Crippen LogP contribution in [-0.2, 0) is 14.3 Å². The van der Waals surface area contributed by atoms with Crippen LogP contribution in [0.2, 0.25) is 0 Å².